The Morgan fingerprint density at radius 1 is 1.57 bits per heavy atom. The number of fused-ring (bicyclic) bond motifs is 1. The molecule has 1 amide bonds. The Labute approximate surface area is 127 Å². The van der Waals surface area contributed by atoms with E-state index in [9.17, 15) is 4.79 Å². The van der Waals surface area contributed by atoms with Crippen molar-refractivity contribution in [3.05, 3.63) is 33.0 Å². The van der Waals surface area contributed by atoms with Gasteiger partial charge in [-0.05, 0) is 19.4 Å². The zero-order valence-corrected chi connectivity index (χ0v) is 13.1. The van der Waals surface area contributed by atoms with Crippen LogP contribution in [0, 0.1) is 6.92 Å². The summed E-state index contributed by atoms with van der Waals surface area (Å²) in [6.45, 7) is 7.05. The Hall–Kier alpha value is -1.73. The van der Waals surface area contributed by atoms with Gasteiger partial charge in [0.05, 0.1) is 35.2 Å². The van der Waals surface area contributed by atoms with Crippen molar-refractivity contribution >= 4 is 17.2 Å². The number of nitrogens with zero attached hydrogens (tertiary/aromatic N) is 3. The van der Waals surface area contributed by atoms with Gasteiger partial charge in [0.15, 0.2) is 0 Å². The SMILES string of the molecule is CCc1nc(C)c(C(=O)NCc2cc3n(n2)CCNC3)s1. The van der Waals surface area contributed by atoms with Gasteiger partial charge in [-0.1, -0.05) is 6.92 Å². The molecule has 0 aromatic carbocycles. The van der Waals surface area contributed by atoms with Crippen LogP contribution in [0.5, 0.6) is 0 Å². The van der Waals surface area contributed by atoms with Gasteiger partial charge in [0.25, 0.3) is 5.91 Å². The van der Waals surface area contributed by atoms with Gasteiger partial charge in [0, 0.05) is 13.1 Å². The molecule has 3 heterocycles. The third kappa shape index (κ3) is 2.98. The van der Waals surface area contributed by atoms with Crippen LogP contribution in [0.4, 0.5) is 0 Å². The van der Waals surface area contributed by atoms with Crippen molar-refractivity contribution in [1.82, 2.24) is 25.4 Å². The molecule has 2 N–H and O–H groups in total. The highest BCUT2D eigenvalue weighted by Gasteiger charge is 2.16. The second-order valence-corrected chi connectivity index (χ2v) is 6.17. The van der Waals surface area contributed by atoms with Gasteiger partial charge >= 0.3 is 0 Å². The minimum Gasteiger partial charge on any atom is -0.346 e. The first-order chi connectivity index (χ1) is 10.2. The number of hydrogen-bond donors (Lipinski definition) is 2. The van der Waals surface area contributed by atoms with Crippen molar-refractivity contribution < 1.29 is 4.79 Å². The summed E-state index contributed by atoms with van der Waals surface area (Å²) < 4.78 is 2.01. The number of amides is 1. The van der Waals surface area contributed by atoms with Crippen molar-refractivity contribution in [2.45, 2.75) is 39.9 Å². The largest absolute Gasteiger partial charge is 0.346 e. The first-order valence-corrected chi connectivity index (χ1v) is 8.00. The fourth-order valence-corrected chi connectivity index (χ4v) is 3.32. The second-order valence-electron chi connectivity index (χ2n) is 5.09. The number of rotatable bonds is 4. The normalized spacial score (nSPS) is 14.0. The number of carbonyl (C=O) groups is 1. The summed E-state index contributed by atoms with van der Waals surface area (Å²) in [4.78, 5) is 17.3. The lowest BCUT2D eigenvalue weighted by molar-refractivity contribution is 0.0953. The molecular formula is C14H19N5OS. The molecule has 0 atom stereocenters. The van der Waals surface area contributed by atoms with Crippen molar-refractivity contribution in [3.8, 4) is 0 Å². The van der Waals surface area contributed by atoms with Crippen LogP contribution in [0.25, 0.3) is 0 Å². The van der Waals surface area contributed by atoms with E-state index in [0.717, 1.165) is 42.5 Å². The van der Waals surface area contributed by atoms with Crippen molar-refractivity contribution in [1.29, 1.82) is 0 Å². The Bertz CT molecular complexity index is 637. The van der Waals surface area contributed by atoms with E-state index in [4.69, 9.17) is 0 Å². The Balaban J connectivity index is 1.65. The average molecular weight is 305 g/mol. The fraction of sp³-hybridized carbons (Fsp3) is 0.500. The molecule has 0 spiro atoms. The number of aromatic nitrogens is 3. The maximum Gasteiger partial charge on any atom is 0.263 e. The van der Waals surface area contributed by atoms with E-state index in [1.807, 2.05) is 24.6 Å². The van der Waals surface area contributed by atoms with E-state index in [0.29, 0.717) is 11.4 Å². The van der Waals surface area contributed by atoms with E-state index in [-0.39, 0.29) is 5.91 Å². The van der Waals surface area contributed by atoms with Gasteiger partial charge in [-0.3, -0.25) is 9.48 Å². The van der Waals surface area contributed by atoms with Gasteiger partial charge < -0.3 is 10.6 Å². The van der Waals surface area contributed by atoms with Crippen LogP contribution < -0.4 is 10.6 Å². The molecule has 0 saturated heterocycles. The molecule has 2 aromatic rings. The smallest absolute Gasteiger partial charge is 0.263 e. The van der Waals surface area contributed by atoms with Crippen molar-refractivity contribution in [2.75, 3.05) is 6.54 Å². The predicted octanol–water partition coefficient (Wildman–Crippen LogP) is 1.24. The molecule has 1 aliphatic rings. The number of thiazole rings is 1. The van der Waals surface area contributed by atoms with Crippen LogP contribution in [0.3, 0.4) is 0 Å². The van der Waals surface area contributed by atoms with Crippen molar-refractivity contribution in [3.63, 3.8) is 0 Å². The fourth-order valence-electron chi connectivity index (χ4n) is 2.40. The van der Waals surface area contributed by atoms with Crippen LogP contribution in [-0.4, -0.2) is 27.2 Å². The quantitative estimate of drug-likeness (QED) is 0.891. The van der Waals surface area contributed by atoms with Gasteiger partial charge in [0.2, 0.25) is 0 Å². The molecule has 21 heavy (non-hydrogen) atoms. The van der Waals surface area contributed by atoms with Gasteiger partial charge in [-0.15, -0.1) is 11.3 Å². The lowest BCUT2D eigenvalue weighted by atomic mass is 10.3. The summed E-state index contributed by atoms with van der Waals surface area (Å²) in [5.74, 6) is -0.0613. The standard InChI is InChI=1S/C14H19N5OS/c1-3-12-17-9(2)13(21-12)14(20)16-7-10-6-11-8-15-4-5-19(11)18-10/h6,15H,3-5,7-8H2,1-2H3,(H,16,20). The molecule has 0 bridgehead atoms. The Morgan fingerprint density at radius 3 is 3.14 bits per heavy atom. The van der Waals surface area contributed by atoms with Crippen molar-refractivity contribution in [2.24, 2.45) is 0 Å². The molecular weight excluding hydrogens is 286 g/mol. The average Bonchev–Trinajstić information content (AvgIpc) is 3.07. The summed E-state index contributed by atoms with van der Waals surface area (Å²) in [5.41, 5.74) is 2.88. The number of nitrogens with one attached hydrogen (secondary N) is 2. The van der Waals surface area contributed by atoms with Gasteiger partial charge in [0.1, 0.15) is 4.88 Å². The first kappa shape index (κ1) is 14.2. The maximum absolute atomic E-state index is 12.2. The molecule has 0 aliphatic carbocycles. The highest BCUT2D eigenvalue weighted by molar-refractivity contribution is 7.13. The third-order valence-electron chi connectivity index (χ3n) is 3.50. The molecule has 2 aromatic heterocycles. The summed E-state index contributed by atoms with van der Waals surface area (Å²) in [5, 5.41) is 11.8. The Morgan fingerprint density at radius 2 is 2.43 bits per heavy atom. The van der Waals surface area contributed by atoms with E-state index in [1.54, 1.807) is 0 Å². The molecule has 0 unspecified atom stereocenters. The zero-order chi connectivity index (χ0) is 14.8. The first-order valence-electron chi connectivity index (χ1n) is 7.18. The molecule has 0 radical (unpaired) electrons. The van der Waals surface area contributed by atoms with Crippen LogP contribution >= 0.6 is 11.3 Å². The van der Waals surface area contributed by atoms with Gasteiger partial charge in [-0.2, -0.15) is 5.10 Å². The van der Waals surface area contributed by atoms with Gasteiger partial charge in [-0.25, -0.2) is 4.98 Å². The zero-order valence-electron chi connectivity index (χ0n) is 12.3. The van der Waals surface area contributed by atoms with Crippen LogP contribution in [0.1, 0.15) is 38.7 Å². The summed E-state index contributed by atoms with van der Waals surface area (Å²) in [6, 6.07) is 2.05. The van der Waals surface area contributed by atoms with E-state index in [1.165, 1.54) is 17.0 Å². The molecule has 3 rings (SSSR count). The molecule has 1 aliphatic heterocycles. The Kier molecular flexibility index (Phi) is 4.03. The highest BCUT2D eigenvalue weighted by Crippen LogP contribution is 2.18. The molecule has 7 heteroatoms. The third-order valence-corrected chi connectivity index (χ3v) is 4.80. The molecule has 6 nitrogen and oxygen atoms in total. The van der Waals surface area contributed by atoms with E-state index in [2.05, 4.69) is 20.7 Å². The second kappa shape index (κ2) is 5.95. The van der Waals surface area contributed by atoms with E-state index >= 15 is 0 Å². The maximum atomic E-state index is 12.2. The number of aryl methyl sites for hydroxylation is 2. The van der Waals surface area contributed by atoms with Crippen LogP contribution in [-0.2, 0) is 26.1 Å². The summed E-state index contributed by atoms with van der Waals surface area (Å²) >= 11 is 1.47. The molecule has 112 valence electrons. The summed E-state index contributed by atoms with van der Waals surface area (Å²) in [6.07, 6.45) is 0.861. The minimum absolute atomic E-state index is 0.0613. The molecule has 0 fully saturated rings. The van der Waals surface area contributed by atoms with Crippen LogP contribution in [0.2, 0.25) is 0 Å². The highest BCUT2D eigenvalue weighted by atomic mass is 32.1. The topological polar surface area (TPSA) is 71.8 Å². The number of hydrogen-bond acceptors (Lipinski definition) is 5. The lowest BCUT2D eigenvalue weighted by Crippen LogP contribution is -2.28. The number of carbonyl (C=O) groups excluding carboxylic acids is 1. The van der Waals surface area contributed by atoms with Crippen LogP contribution in [0.15, 0.2) is 6.07 Å². The van der Waals surface area contributed by atoms with E-state index < -0.39 is 0 Å². The monoisotopic (exact) mass is 305 g/mol. The predicted molar refractivity (Wildman–Crippen MR) is 81.3 cm³/mol. The lowest BCUT2D eigenvalue weighted by Gasteiger charge is -2.13. The minimum atomic E-state index is -0.0613. The molecule has 0 saturated carbocycles. The summed E-state index contributed by atoms with van der Waals surface area (Å²) in [7, 11) is 0.